The number of hydrogen-bond acceptors (Lipinski definition) is 8. The standard InChI is InChI=1S/C26H23N3O6/c1-31-20-9-8-15(12-23(20)33-3)26-28-25(35-29-26)11-10-24(30)27-18-14-21-17(13-22(18)32-2)16-6-4-5-7-19(16)34-21/h4-9,12-14H,10-11H2,1-3H3,(H,27,30). The molecule has 0 saturated carbocycles. The Labute approximate surface area is 200 Å². The maximum absolute atomic E-state index is 12.7. The van der Waals surface area contributed by atoms with E-state index in [1.54, 1.807) is 39.5 Å². The lowest BCUT2D eigenvalue weighted by atomic mass is 10.1. The molecule has 9 heteroatoms. The topological polar surface area (TPSA) is 109 Å². The zero-order valence-electron chi connectivity index (χ0n) is 19.5. The average molecular weight is 473 g/mol. The summed E-state index contributed by atoms with van der Waals surface area (Å²) in [6, 6.07) is 16.7. The van der Waals surface area contributed by atoms with Crippen LogP contribution in [0.5, 0.6) is 17.2 Å². The van der Waals surface area contributed by atoms with Crippen LogP contribution in [0, 0.1) is 0 Å². The maximum atomic E-state index is 12.7. The van der Waals surface area contributed by atoms with Crippen LogP contribution in [0.15, 0.2) is 63.5 Å². The van der Waals surface area contributed by atoms with Crippen LogP contribution in [0.4, 0.5) is 5.69 Å². The van der Waals surface area contributed by atoms with Crippen LogP contribution >= 0.6 is 0 Å². The number of rotatable bonds is 8. The number of nitrogens with one attached hydrogen (secondary N) is 1. The lowest BCUT2D eigenvalue weighted by molar-refractivity contribution is -0.116. The number of aromatic nitrogens is 2. The fraction of sp³-hybridized carbons (Fsp3) is 0.192. The highest BCUT2D eigenvalue weighted by atomic mass is 16.5. The van der Waals surface area contributed by atoms with Gasteiger partial charge in [0.15, 0.2) is 11.5 Å². The molecule has 0 radical (unpaired) electrons. The van der Waals surface area contributed by atoms with Crippen molar-refractivity contribution in [2.75, 3.05) is 26.6 Å². The molecule has 0 bridgehead atoms. The van der Waals surface area contributed by atoms with Crippen molar-refractivity contribution in [3.63, 3.8) is 0 Å². The third-order valence-electron chi connectivity index (χ3n) is 5.65. The van der Waals surface area contributed by atoms with Crippen molar-refractivity contribution in [2.45, 2.75) is 12.8 Å². The number of methoxy groups -OCH3 is 3. The van der Waals surface area contributed by atoms with Crippen molar-refractivity contribution < 1.29 is 27.9 Å². The van der Waals surface area contributed by atoms with Gasteiger partial charge in [0.25, 0.3) is 0 Å². The van der Waals surface area contributed by atoms with E-state index < -0.39 is 0 Å². The summed E-state index contributed by atoms with van der Waals surface area (Å²) >= 11 is 0. The summed E-state index contributed by atoms with van der Waals surface area (Å²) in [5.74, 6) is 2.25. The van der Waals surface area contributed by atoms with Gasteiger partial charge in [-0.2, -0.15) is 4.98 Å². The lowest BCUT2D eigenvalue weighted by Gasteiger charge is -2.10. The minimum absolute atomic E-state index is 0.148. The van der Waals surface area contributed by atoms with E-state index in [0.717, 1.165) is 16.4 Å². The summed E-state index contributed by atoms with van der Waals surface area (Å²) in [5, 5.41) is 8.81. The van der Waals surface area contributed by atoms with Gasteiger partial charge in [0, 0.05) is 35.2 Å². The van der Waals surface area contributed by atoms with Crippen molar-refractivity contribution in [1.29, 1.82) is 0 Å². The fourth-order valence-corrected chi connectivity index (χ4v) is 3.90. The molecule has 3 aromatic carbocycles. The Morgan fingerprint density at radius 1 is 0.886 bits per heavy atom. The highest BCUT2D eigenvalue weighted by molar-refractivity contribution is 6.07. The molecule has 178 valence electrons. The van der Waals surface area contributed by atoms with Gasteiger partial charge >= 0.3 is 0 Å². The number of anilines is 1. The van der Waals surface area contributed by atoms with E-state index in [-0.39, 0.29) is 18.7 Å². The number of benzene rings is 3. The van der Waals surface area contributed by atoms with E-state index in [2.05, 4.69) is 15.5 Å². The van der Waals surface area contributed by atoms with Crippen LogP contribution in [-0.2, 0) is 11.2 Å². The zero-order valence-corrected chi connectivity index (χ0v) is 19.5. The average Bonchev–Trinajstić information content (AvgIpc) is 3.51. The third-order valence-corrected chi connectivity index (χ3v) is 5.65. The van der Waals surface area contributed by atoms with E-state index in [1.807, 2.05) is 36.4 Å². The van der Waals surface area contributed by atoms with Crippen molar-refractivity contribution in [2.24, 2.45) is 0 Å². The molecule has 2 aromatic heterocycles. The molecule has 2 heterocycles. The van der Waals surface area contributed by atoms with E-state index in [0.29, 0.717) is 45.8 Å². The highest BCUT2D eigenvalue weighted by Gasteiger charge is 2.16. The summed E-state index contributed by atoms with van der Waals surface area (Å²) in [7, 11) is 4.69. The summed E-state index contributed by atoms with van der Waals surface area (Å²) in [6.45, 7) is 0. The van der Waals surface area contributed by atoms with Crippen molar-refractivity contribution >= 4 is 33.5 Å². The quantitative estimate of drug-likeness (QED) is 0.326. The van der Waals surface area contributed by atoms with Crippen molar-refractivity contribution in [1.82, 2.24) is 10.1 Å². The number of carbonyl (C=O) groups excluding carboxylic acids is 1. The largest absolute Gasteiger partial charge is 0.495 e. The monoisotopic (exact) mass is 473 g/mol. The summed E-state index contributed by atoms with van der Waals surface area (Å²) in [6.07, 6.45) is 0.427. The first-order valence-electron chi connectivity index (χ1n) is 10.9. The molecule has 0 saturated heterocycles. The predicted molar refractivity (Wildman–Crippen MR) is 130 cm³/mol. The Balaban J connectivity index is 1.28. The van der Waals surface area contributed by atoms with Gasteiger partial charge in [-0.25, -0.2) is 0 Å². The summed E-state index contributed by atoms with van der Waals surface area (Å²) in [5.41, 5.74) is 2.68. The van der Waals surface area contributed by atoms with Gasteiger partial charge in [-0.1, -0.05) is 23.4 Å². The Bertz CT molecular complexity index is 1520. The first-order chi connectivity index (χ1) is 17.1. The molecular formula is C26H23N3O6. The van der Waals surface area contributed by atoms with Gasteiger partial charge in [-0.05, 0) is 30.3 Å². The molecule has 0 spiro atoms. The van der Waals surface area contributed by atoms with Crippen LogP contribution in [0.2, 0.25) is 0 Å². The first kappa shape index (κ1) is 22.3. The van der Waals surface area contributed by atoms with E-state index >= 15 is 0 Å². The number of ether oxygens (including phenoxy) is 3. The Morgan fingerprint density at radius 2 is 1.69 bits per heavy atom. The molecule has 1 amide bonds. The fourth-order valence-electron chi connectivity index (χ4n) is 3.90. The number of fused-ring (bicyclic) bond motifs is 3. The van der Waals surface area contributed by atoms with Crippen LogP contribution in [-0.4, -0.2) is 37.4 Å². The van der Waals surface area contributed by atoms with Crippen LogP contribution in [0.3, 0.4) is 0 Å². The van der Waals surface area contributed by atoms with Crippen LogP contribution < -0.4 is 19.5 Å². The molecule has 1 N–H and O–H groups in total. The Morgan fingerprint density at radius 3 is 2.49 bits per heavy atom. The summed E-state index contributed by atoms with van der Waals surface area (Å²) < 4.78 is 27.3. The molecule has 0 aliphatic heterocycles. The Hall–Kier alpha value is -4.53. The molecule has 0 unspecified atom stereocenters. The number of para-hydroxylation sites is 1. The minimum Gasteiger partial charge on any atom is -0.495 e. The van der Waals surface area contributed by atoms with E-state index in [9.17, 15) is 4.79 Å². The molecule has 5 aromatic rings. The second kappa shape index (κ2) is 9.38. The number of aryl methyl sites for hydroxylation is 1. The maximum Gasteiger partial charge on any atom is 0.227 e. The second-order valence-corrected chi connectivity index (χ2v) is 7.78. The number of furan rings is 1. The number of carbonyl (C=O) groups is 1. The van der Waals surface area contributed by atoms with Crippen LogP contribution in [0.1, 0.15) is 12.3 Å². The molecule has 0 aliphatic rings. The highest BCUT2D eigenvalue weighted by Crippen LogP contribution is 2.36. The van der Waals surface area contributed by atoms with Crippen molar-refractivity contribution in [3.05, 3.63) is 60.5 Å². The lowest BCUT2D eigenvalue weighted by Crippen LogP contribution is -2.13. The smallest absolute Gasteiger partial charge is 0.227 e. The van der Waals surface area contributed by atoms with Gasteiger partial charge in [-0.3, -0.25) is 4.79 Å². The van der Waals surface area contributed by atoms with Gasteiger partial charge in [0.1, 0.15) is 16.9 Å². The van der Waals surface area contributed by atoms with Gasteiger partial charge in [0.2, 0.25) is 17.6 Å². The molecule has 9 nitrogen and oxygen atoms in total. The predicted octanol–water partition coefficient (Wildman–Crippen LogP) is 5.23. The second-order valence-electron chi connectivity index (χ2n) is 7.78. The molecule has 5 rings (SSSR count). The third kappa shape index (κ3) is 4.35. The number of nitrogens with zero attached hydrogens (tertiary/aromatic N) is 2. The van der Waals surface area contributed by atoms with E-state index in [4.69, 9.17) is 23.2 Å². The molecule has 0 aliphatic carbocycles. The van der Waals surface area contributed by atoms with Gasteiger partial charge < -0.3 is 28.5 Å². The molecule has 0 atom stereocenters. The Kier molecular flexibility index (Phi) is 5.97. The van der Waals surface area contributed by atoms with Gasteiger partial charge in [-0.15, -0.1) is 0 Å². The minimum atomic E-state index is -0.218. The SMILES string of the molecule is COc1cc2c(cc1NC(=O)CCc1nc(-c3ccc(OC)c(OC)c3)no1)oc1ccccc12. The normalized spacial score (nSPS) is 11.1. The van der Waals surface area contributed by atoms with Crippen LogP contribution in [0.25, 0.3) is 33.3 Å². The number of amides is 1. The first-order valence-corrected chi connectivity index (χ1v) is 10.9. The molecule has 35 heavy (non-hydrogen) atoms. The summed E-state index contributed by atoms with van der Waals surface area (Å²) in [4.78, 5) is 17.1. The number of hydrogen-bond donors (Lipinski definition) is 1. The van der Waals surface area contributed by atoms with Gasteiger partial charge in [0.05, 0.1) is 27.0 Å². The van der Waals surface area contributed by atoms with E-state index in [1.165, 1.54) is 0 Å². The van der Waals surface area contributed by atoms with Crippen molar-refractivity contribution in [3.8, 4) is 28.6 Å². The zero-order chi connectivity index (χ0) is 24.4. The molecule has 0 fully saturated rings. The molecular weight excluding hydrogens is 450 g/mol.